The van der Waals surface area contributed by atoms with Crippen LogP contribution in [0.3, 0.4) is 0 Å². The van der Waals surface area contributed by atoms with Gasteiger partial charge in [-0.05, 0) is 45.6 Å². The molecule has 1 aromatic carbocycles. The fourth-order valence-corrected chi connectivity index (χ4v) is 3.90. The Balaban J connectivity index is 2.05. The molecule has 0 unspecified atom stereocenters. The van der Waals surface area contributed by atoms with Crippen molar-refractivity contribution in [2.75, 3.05) is 6.54 Å². The Morgan fingerprint density at radius 2 is 2.05 bits per heavy atom. The molecule has 0 aliphatic carbocycles. The molecule has 1 N–H and O–H groups in total. The Labute approximate surface area is 139 Å². The van der Waals surface area contributed by atoms with E-state index in [-0.39, 0.29) is 11.3 Å². The molecule has 0 atom stereocenters. The summed E-state index contributed by atoms with van der Waals surface area (Å²) in [5.41, 5.74) is 0.584. The van der Waals surface area contributed by atoms with Crippen molar-refractivity contribution in [1.82, 2.24) is 5.32 Å². The lowest BCUT2D eigenvalue weighted by atomic mass is 9.91. The highest BCUT2D eigenvalue weighted by molar-refractivity contribution is 9.11. The van der Waals surface area contributed by atoms with E-state index >= 15 is 0 Å². The van der Waals surface area contributed by atoms with Crippen LogP contribution in [0.15, 0.2) is 44.7 Å². The van der Waals surface area contributed by atoms with Gasteiger partial charge in [-0.15, -0.1) is 11.3 Å². The normalized spacial score (nSPS) is 11.4. The van der Waals surface area contributed by atoms with Crippen molar-refractivity contribution < 1.29 is 4.79 Å². The number of rotatable bonds is 4. The molecule has 1 aromatic heterocycles. The first kappa shape index (κ1) is 15.7. The Morgan fingerprint density at radius 3 is 2.65 bits per heavy atom. The van der Waals surface area contributed by atoms with E-state index in [4.69, 9.17) is 0 Å². The third-order valence-corrected chi connectivity index (χ3v) is 5.44. The highest BCUT2D eigenvalue weighted by Crippen LogP contribution is 2.27. The lowest BCUT2D eigenvalue weighted by Gasteiger charge is -2.23. The zero-order valence-corrected chi connectivity index (χ0v) is 15.2. The summed E-state index contributed by atoms with van der Waals surface area (Å²) in [4.78, 5) is 13.5. The van der Waals surface area contributed by atoms with E-state index in [9.17, 15) is 4.79 Å². The molecule has 2 rings (SSSR count). The number of carbonyl (C=O) groups excluding carboxylic acids is 1. The molecule has 0 radical (unpaired) electrons. The van der Waals surface area contributed by atoms with E-state index < -0.39 is 0 Å². The summed E-state index contributed by atoms with van der Waals surface area (Å²) in [6.45, 7) is 4.88. The van der Waals surface area contributed by atoms with Gasteiger partial charge in [0.2, 0.25) is 0 Å². The molecule has 0 saturated carbocycles. The van der Waals surface area contributed by atoms with Crippen LogP contribution in [0.25, 0.3) is 0 Å². The molecule has 1 heterocycles. The third kappa shape index (κ3) is 3.71. The lowest BCUT2D eigenvalue weighted by Crippen LogP contribution is -2.36. The van der Waals surface area contributed by atoms with Crippen LogP contribution < -0.4 is 5.32 Å². The molecule has 1 amide bonds. The molecular weight excluding hydrogens is 402 g/mol. The van der Waals surface area contributed by atoms with E-state index in [1.165, 1.54) is 4.88 Å². The van der Waals surface area contributed by atoms with Crippen LogP contribution in [0.5, 0.6) is 0 Å². The van der Waals surface area contributed by atoms with Gasteiger partial charge in [-0.1, -0.05) is 35.8 Å². The lowest BCUT2D eigenvalue weighted by molar-refractivity contribution is 0.0945. The monoisotopic (exact) mass is 415 g/mol. The zero-order chi connectivity index (χ0) is 14.8. The third-order valence-electron chi connectivity index (χ3n) is 3.05. The fraction of sp³-hybridized carbons (Fsp3) is 0.267. The largest absolute Gasteiger partial charge is 0.351 e. The van der Waals surface area contributed by atoms with Crippen LogP contribution in [0.2, 0.25) is 0 Å². The first-order valence-corrected chi connectivity index (χ1v) is 8.64. The van der Waals surface area contributed by atoms with Crippen LogP contribution in [0.4, 0.5) is 0 Å². The van der Waals surface area contributed by atoms with E-state index in [0.29, 0.717) is 12.1 Å². The molecule has 20 heavy (non-hydrogen) atoms. The number of benzene rings is 1. The van der Waals surface area contributed by atoms with Gasteiger partial charge in [-0.3, -0.25) is 4.79 Å². The van der Waals surface area contributed by atoms with Gasteiger partial charge in [0.15, 0.2) is 0 Å². The topological polar surface area (TPSA) is 29.1 Å². The molecule has 5 heteroatoms. The first-order chi connectivity index (χ1) is 9.40. The van der Waals surface area contributed by atoms with E-state index in [2.05, 4.69) is 62.5 Å². The molecule has 0 fully saturated rings. The van der Waals surface area contributed by atoms with Crippen LogP contribution in [0.1, 0.15) is 29.1 Å². The summed E-state index contributed by atoms with van der Waals surface area (Å²) in [5.74, 6) is -0.0611. The summed E-state index contributed by atoms with van der Waals surface area (Å²) < 4.78 is 1.73. The Morgan fingerprint density at radius 1 is 1.30 bits per heavy atom. The van der Waals surface area contributed by atoms with Crippen molar-refractivity contribution in [3.63, 3.8) is 0 Å². The van der Waals surface area contributed by atoms with Crippen LogP contribution in [-0.4, -0.2) is 12.5 Å². The van der Waals surface area contributed by atoms with Gasteiger partial charge in [0.1, 0.15) is 0 Å². The van der Waals surface area contributed by atoms with Gasteiger partial charge >= 0.3 is 0 Å². The highest BCUT2D eigenvalue weighted by atomic mass is 79.9. The summed E-state index contributed by atoms with van der Waals surface area (Å²) in [7, 11) is 0. The van der Waals surface area contributed by atoms with Gasteiger partial charge in [-0.25, -0.2) is 0 Å². The van der Waals surface area contributed by atoms with Crippen molar-refractivity contribution in [2.45, 2.75) is 19.3 Å². The van der Waals surface area contributed by atoms with Crippen molar-refractivity contribution in [1.29, 1.82) is 0 Å². The highest BCUT2D eigenvalue weighted by Gasteiger charge is 2.23. The number of carbonyl (C=O) groups is 1. The van der Waals surface area contributed by atoms with Gasteiger partial charge in [0.25, 0.3) is 5.91 Å². The molecule has 2 aromatic rings. The number of nitrogens with one attached hydrogen (secondary N) is 1. The quantitative estimate of drug-likeness (QED) is 0.747. The maximum Gasteiger partial charge on any atom is 0.252 e. The molecule has 0 bridgehead atoms. The number of thiophene rings is 1. The second-order valence-corrected chi connectivity index (χ2v) is 7.89. The van der Waals surface area contributed by atoms with Gasteiger partial charge in [0.05, 0.1) is 5.56 Å². The van der Waals surface area contributed by atoms with E-state index in [1.807, 2.05) is 24.3 Å². The van der Waals surface area contributed by atoms with Gasteiger partial charge in [0, 0.05) is 25.8 Å². The molecule has 106 valence electrons. The minimum atomic E-state index is -0.0638. The molecule has 0 saturated heterocycles. The Hall–Kier alpha value is -0.650. The number of hydrogen-bond donors (Lipinski definition) is 1. The first-order valence-electron chi connectivity index (χ1n) is 6.17. The zero-order valence-electron chi connectivity index (χ0n) is 11.2. The van der Waals surface area contributed by atoms with Crippen molar-refractivity contribution >= 4 is 49.1 Å². The molecule has 0 spiro atoms. The average molecular weight is 417 g/mol. The van der Waals surface area contributed by atoms with Crippen molar-refractivity contribution in [2.24, 2.45) is 0 Å². The molecular formula is C15H15Br2NOS. The second-order valence-electron chi connectivity index (χ2n) is 5.17. The SMILES string of the molecule is CC(C)(CNC(=O)c1ccc(Br)cc1Br)c1cccs1. The van der Waals surface area contributed by atoms with Gasteiger partial charge < -0.3 is 5.32 Å². The maximum absolute atomic E-state index is 12.2. The second kappa shape index (κ2) is 6.41. The Kier molecular flexibility index (Phi) is 5.04. The molecule has 0 aliphatic heterocycles. The maximum atomic E-state index is 12.2. The summed E-state index contributed by atoms with van der Waals surface area (Å²) in [6.07, 6.45) is 0. The van der Waals surface area contributed by atoms with Crippen LogP contribution in [-0.2, 0) is 5.41 Å². The minimum Gasteiger partial charge on any atom is -0.351 e. The van der Waals surface area contributed by atoms with E-state index in [0.717, 1.165) is 8.95 Å². The molecule has 0 aliphatic rings. The fourth-order valence-electron chi connectivity index (χ4n) is 1.82. The van der Waals surface area contributed by atoms with Crippen molar-refractivity contribution in [3.05, 3.63) is 55.1 Å². The summed E-state index contributed by atoms with van der Waals surface area (Å²) in [5, 5.41) is 5.07. The summed E-state index contributed by atoms with van der Waals surface area (Å²) >= 11 is 8.52. The predicted octanol–water partition coefficient (Wildman–Crippen LogP) is 4.98. The smallest absolute Gasteiger partial charge is 0.252 e. The number of hydrogen-bond acceptors (Lipinski definition) is 2. The summed E-state index contributed by atoms with van der Waals surface area (Å²) in [6, 6.07) is 9.69. The van der Waals surface area contributed by atoms with Crippen molar-refractivity contribution in [3.8, 4) is 0 Å². The van der Waals surface area contributed by atoms with Crippen LogP contribution >= 0.6 is 43.2 Å². The van der Waals surface area contributed by atoms with E-state index in [1.54, 1.807) is 11.3 Å². The Bertz CT molecular complexity index is 608. The number of amides is 1. The average Bonchev–Trinajstić information content (AvgIpc) is 2.90. The van der Waals surface area contributed by atoms with Gasteiger partial charge in [-0.2, -0.15) is 0 Å². The number of halogens is 2. The molecule has 2 nitrogen and oxygen atoms in total. The standard InChI is InChI=1S/C15H15Br2NOS/c1-15(2,13-4-3-7-20-13)9-18-14(19)11-6-5-10(16)8-12(11)17/h3-8H,9H2,1-2H3,(H,18,19). The van der Waals surface area contributed by atoms with Crippen LogP contribution in [0, 0.1) is 0 Å². The predicted molar refractivity (Wildman–Crippen MR) is 91.5 cm³/mol. The minimum absolute atomic E-state index is 0.0611.